The second-order valence-corrected chi connectivity index (χ2v) is 4.71. The minimum absolute atomic E-state index is 0.0986. The number of aromatic nitrogens is 2. The molecule has 3 rings (SSSR count). The van der Waals surface area contributed by atoms with E-state index < -0.39 is 0 Å². The van der Waals surface area contributed by atoms with Crippen LogP contribution in [-0.2, 0) is 6.42 Å². The number of hydrogen-bond acceptors (Lipinski definition) is 4. The molecular weight excluding hydrogens is 238 g/mol. The Hall–Kier alpha value is -2.20. The van der Waals surface area contributed by atoms with Crippen molar-refractivity contribution in [3.8, 4) is 11.3 Å². The SMILES string of the molecule is CC(N)Cc1ccc(-c2ccc3nccnc3c2)o1. The number of hydrogen-bond donors (Lipinski definition) is 1. The van der Waals surface area contributed by atoms with Gasteiger partial charge in [0.15, 0.2) is 0 Å². The van der Waals surface area contributed by atoms with E-state index in [4.69, 9.17) is 10.2 Å². The van der Waals surface area contributed by atoms with Gasteiger partial charge < -0.3 is 10.2 Å². The quantitative estimate of drug-likeness (QED) is 0.779. The summed E-state index contributed by atoms with van der Waals surface area (Å²) in [4.78, 5) is 8.55. The topological polar surface area (TPSA) is 64.9 Å². The summed E-state index contributed by atoms with van der Waals surface area (Å²) in [7, 11) is 0. The molecule has 1 atom stereocenters. The fraction of sp³-hybridized carbons (Fsp3) is 0.200. The Bertz CT molecular complexity index is 703. The van der Waals surface area contributed by atoms with E-state index in [0.29, 0.717) is 0 Å². The normalized spacial score (nSPS) is 12.7. The predicted molar refractivity (Wildman–Crippen MR) is 74.6 cm³/mol. The molecule has 0 saturated heterocycles. The highest BCUT2D eigenvalue weighted by molar-refractivity contribution is 5.79. The van der Waals surface area contributed by atoms with Crippen LogP contribution >= 0.6 is 0 Å². The van der Waals surface area contributed by atoms with E-state index >= 15 is 0 Å². The van der Waals surface area contributed by atoms with Crippen LogP contribution in [0, 0.1) is 0 Å². The molecule has 3 aromatic rings. The highest BCUT2D eigenvalue weighted by Gasteiger charge is 2.07. The summed E-state index contributed by atoms with van der Waals surface area (Å²) in [6.07, 6.45) is 4.12. The highest BCUT2D eigenvalue weighted by Crippen LogP contribution is 2.25. The standard InChI is InChI=1S/C15H15N3O/c1-10(16)8-12-3-5-15(19-12)11-2-4-13-14(9-11)18-7-6-17-13/h2-7,9-10H,8,16H2,1H3. The number of nitrogens with zero attached hydrogens (tertiary/aromatic N) is 2. The molecule has 4 nitrogen and oxygen atoms in total. The van der Waals surface area contributed by atoms with Crippen LogP contribution in [0.2, 0.25) is 0 Å². The van der Waals surface area contributed by atoms with Crippen LogP contribution in [0.15, 0.2) is 47.1 Å². The molecule has 0 saturated carbocycles. The van der Waals surface area contributed by atoms with Crippen molar-refractivity contribution >= 4 is 11.0 Å². The molecule has 4 heteroatoms. The van der Waals surface area contributed by atoms with Gasteiger partial charge in [0, 0.05) is 30.4 Å². The van der Waals surface area contributed by atoms with Gasteiger partial charge in [0.1, 0.15) is 11.5 Å². The lowest BCUT2D eigenvalue weighted by Gasteiger charge is -2.02. The maximum atomic E-state index is 5.80. The van der Waals surface area contributed by atoms with Crippen LogP contribution in [0.25, 0.3) is 22.4 Å². The first-order valence-electron chi connectivity index (χ1n) is 6.28. The Labute approximate surface area is 111 Å². The zero-order valence-electron chi connectivity index (χ0n) is 10.7. The van der Waals surface area contributed by atoms with Crippen molar-refractivity contribution in [1.29, 1.82) is 0 Å². The van der Waals surface area contributed by atoms with Crippen molar-refractivity contribution < 1.29 is 4.42 Å². The molecule has 0 aliphatic carbocycles. The number of benzene rings is 1. The summed E-state index contributed by atoms with van der Waals surface area (Å²) in [5.41, 5.74) is 8.52. The van der Waals surface area contributed by atoms with E-state index in [2.05, 4.69) is 9.97 Å². The summed E-state index contributed by atoms with van der Waals surface area (Å²) < 4.78 is 5.80. The lowest BCUT2D eigenvalue weighted by molar-refractivity contribution is 0.503. The molecule has 2 aromatic heterocycles. The fourth-order valence-electron chi connectivity index (χ4n) is 2.08. The van der Waals surface area contributed by atoms with Crippen molar-refractivity contribution in [1.82, 2.24) is 9.97 Å². The summed E-state index contributed by atoms with van der Waals surface area (Å²) in [5.74, 6) is 1.74. The third-order valence-electron chi connectivity index (χ3n) is 2.94. The van der Waals surface area contributed by atoms with Crippen LogP contribution in [0.4, 0.5) is 0 Å². The largest absolute Gasteiger partial charge is 0.461 e. The lowest BCUT2D eigenvalue weighted by Crippen LogP contribution is -2.17. The van der Waals surface area contributed by atoms with Gasteiger partial charge in [-0.15, -0.1) is 0 Å². The highest BCUT2D eigenvalue weighted by atomic mass is 16.3. The molecule has 0 radical (unpaired) electrons. The molecule has 0 bridgehead atoms. The molecule has 2 N–H and O–H groups in total. The van der Waals surface area contributed by atoms with Gasteiger partial charge in [-0.05, 0) is 37.3 Å². The molecule has 96 valence electrons. The number of rotatable bonds is 3. The van der Waals surface area contributed by atoms with E-state index in [1.807, 2.05) is 37.3 Å². The molecule has 1 aromatic carbocycles. The third kappa shape index (κ3) is 2.48. The Morgan fingerprint density at radius 2 is 1.89 bits per heavy atom. The minimum Gasteiger partial charge on any atom is -0.461 e. The fourth-order valence-corrected chi connectivity index (χ4v) is 2.08. The smallest absolute Gasteiger partial charge is 0.134 e. The van der Waals surface area contributed by atoms with Crippen LogP contribution in [0.5, 0.6) is 0 Å². The van der Waals surface area contributed by atoms with Crippen LogP contribution in [0.1, 0.15) is 12.7 Å². The van der Waals surface area contributed by atoms with E-state index in [-0.39, 0.29) is 6.04 Å². The second kappa shape index (κ2) is 4.82. The molecule has 19 heavy (non-hydrogen) atoms. The van der Waals surface area contributed by atoms with Crippen LogP contribution < -0.4 is 5.73 Å². The van der Waals surface area contributed by atoms with E-state index in [1.165, 1.54) is 0 Å². The van der Waals surface area contributed by atoms with Crippen LogP contribution in [-0.4, -0.2) is 16.0 Å². The van der Waals surface area contributed by atoms with E-state index in [0.717, 1.165) is 34.5 Å². The Morgan fingerprint density at radius 1 is 1.11 bits per heavy atom. The van der Waals surface area contributed by atoms with Gasteiger partial charge in [0.2, 0.25) is 0 Å². The molecule has 1 unspecified atom stereocenters. The zero-order valence-corrected chi connectivity index (χ0v) is 10.7. The maximum absolute atomic E-state index is 5.80. The zero-order chi connectivity index (χ0) is 13.2. The molecule has 2 heterocycles. The maximum Gasteiger partial charge on any atom is 0.134 e. The average Bonchev–Trinajstić information content (AvgIpc) is 2.86. The van der Waals surface area contributed by atoms with Crippen molar-refractivity contribution in [2.75, 3.05) is 0 Å². The third-order valence-corrected chi connectivity index (χ3v) is 2.94. The average molecular weight is 253 g/mol. The molecule has 0 aliphatic heterocycles. The van der Waals surface area contributed by atoms with E-state index in [9.17, 15) is 0 Å². The van der Waals surface area contributed by atoms with Gasteiger partial charge in [-0.25, -0.2) is 0 Å². The number of nitrogens with two attached hydrogens (primary N) is 1. The summed E-state index contributed by atoms with van der Waals surface area (Å²) in [6, 6.07) is 9.96. The number of fused-ring (bicyclic) bond motifs is 1. The second-order valence-electron chi connectivity index (χ2n) is 4.71. The Balaban J connectivity index is 1.97. The molecular formula is C15H15N3O. The first kappa shape index (κ1) is 11.9. The monoisotopic (exact) mass is 253 g/mol. The molecule has 0 aliphatic rings. The van der Waals surface area contributed by atoms with Crippen molar-refractivity contribution in [3.63, 3.8) is 0 Å². The number of furan rings is 1. The first-order chi connectivity index (χ1) is 9.22. The van der Waals surface area contributed by atoms with Gasteiger partial charge in [-0.1, -0.05) is 0 Å². The van der Waals surface area contributed by atoms with Gasteiger partial charge in [0.05, 0.1) is 11.0 Å². The van der Waals surface area contributed by atoms with Gasteiger partial charge in [0.25, 0.3) is 0 Å². The molecule has 0 fully saturated rings. The van der Waals surface area contributed by atoms with Crippen LogP contribution in [0.3, 0.4) is 0 Å². The van der Waals surface area contributed by atoms with Crippen molar-refractivity contribution in [2.45, 2.75) is 19.4 Å². The summed E-state index contributed by atoms with van der Waals surface area (Å²) in [5, 5.41) is 0. The van der Waals surface area contributed by atoms with Gasteiger partial charge >= 0.3 is 0 Å². The Kier molecular flexibility index (Phi) is 3.01. The van der Waals surface area contributed by atoms with Crippen molar-refractivity contribution in [2.24, 2.45) is 5.73 Å². The molecule has 0 spiro atoms. The van der Waals surface area contributed by atoms with E-state index in [1.54, 1.807) is 12.4 Å². The Morgan fingerprint density at radius 3 is 2.68 bits per heavy atom. The van der Waals surface area contributed by atoms with Gasteiger partial charge in [-0.3, -0.25) is 9.97 Å². The van der Waals surface area contributed by atoms with Gasteiger partial charge in [-0.2, -0.15) is 0 Å². The first-order valence-corrected chi connectivity index (χ1v) is 6.28. The van der Waals surface area contributed by atoms with Crippen molar-refractivity contribution in [3.05, 3.63) is 48.5 Å². The summed E-state index contributed by atoms with van der Waals surface area (Å²) >= 11 is 0. The minimum atomic E-state index is 0.0986. The predicted octanol–water partition coefficient (Wildman–Crippen LogP) is 2.78. The lowest BCUT2D eigenvalue weighted by atomic mass is 10.1. The summed E-state index contributed by atoms with van der Waals surface area (Å²) in [6.45, 7) is 1.97. The molecule has 0 amide bonds.